The maximum Gasteiger partial charge on any atom is 0.410 e. The molecule has 1 atom stereocenters. The summed E-state index contributed by atoms with van der Waals surface area (Å²) in [6, 6.07) is 8.00. The van der Waals surface area contributed by atoms with Gasteiger partial charge in [0.15, 0.2) is 0 Å². The summed E-state index contributed by atoms with van der Waals surface area (Å²) in [5.74, 6) is -1.32. The fourth-order valence-electron chi connectivity index (χ4n) is 1.94. The lowest BCUT2D eigenvalue weighted by Crippen LogP contribution is -2.46. The Labute approximate surface area is 147 Å². The van der Waals surface area contributed by atoms with Gasteiger partial charge in [-0.15, -0.1) is 0 Å². The monoisotopic (exact) mass is 351 g/mol. The van der Waals surface area contributed by atoms with Crippen LogP contribution in [-0.2, 0) is 30.4 Å². The predicted octanol–water partition coefficient (Wildman–Crippen LogP) is 2.53. The Morgan fingerprint density at radius 2 is 1.72 bits per heavy atom. The van der Waals surface area contributed by atoms with Crippen LogP contribution in [0.3, 0.4) is 0 Å². The number of rotatable bonds is 6. The van der Waals surface area contributed by atoms with Gasteiger partial charge in [0.2, 0.25) is 0 Å². The standard InChI is InChI=1S/C18H25NO6/c1-18(2,3)25-16(21)14(11-15(20)23-5)19(4)17(22)24-12-13-9-7-6-8-10-13/h6-10,14H,11-12H2,1-5H3/t14-/m0/s1. The Balaban J connectivity index is 2.79. The van der Waals surface area contributed by atoms with Gasteiger partial charge in [0.05, 0.1) is 13.5 Å². The van der Waals surface area contributed by atoms with Gasteiger partial charge in [0.1, 0.15) is 18.2 Å². The molecule has 0 saturated heterocycles. The van der Waals surface area contributed by atoms with Crippen LogP contribution in [0.25, 0.3) is 0 Å². The number of benzene rings is 1. The molecule has 0 heterocycles. The lowest BCUT2D eigenvalue weighted by Gasteiger charge is -2.28. The molecule has 0 aliphatic carbocycles. The summed E-state index contributed by atoms with van der Waals surface area (Å²) in [6.07, 6.45) is -1.05. The normalized spacial score (nSPS) is 12.0. The van der Waals surface area contributed by atoms with Crippen molar-refractivity contribution in [2.24, 2.45) is 0 Å². The molecule has 0 aliphatic rings. The second kappa shape index (κ2) is 9.05. The quantitative estimate of drug-likeness (QED) is 0.579. The van der Waals surface area contributed by atoms with Crippen LogP contribution in [0.2, 0.25) is 0 Å². The van der Waals surface area contributed by atoms with E-state index in [-0.39, 0.29) is 13.0 Å². The molecular formula is C18H25NO6. The minimum Gasteiger partial charge on any atom is -0.469 e. The first kappa shape index (κ1) is 20.5. The molecule has 1 aromatic carbocycles. The fourth-order valence-corrected chi connectivity index (χ4v) is 1.94. The van der Waals surface area contributed by atoms with Crippen molar-refractivity contribution in [1.29, 1.82) is 0 Å². The van der Waals surface area contributed by atoms with Gasteiger partial charge in [-0.2, -0.15) is 0 Å². The number of esters is 2. The van der Waals surface area contributed by atoms with Crippen molar-refractivity contribution in [2.75, 3.05) is 14.2 Å². The summed E-state index contributed by atoms with van der Waals surface area (Å²) in [5.41, 5.74) is 0.0614. The summed E-state index contributed by atoms with van der Waals surface area (Å²) in [5, 5.41) is 0. The van der Waals surface area contributed by atoms with Crippen LogP contribution in [0.1, 0.15) is 32.8 Å². The van der Waals surface area contributed by atoms with Gasteiger partial charge >= 0.3 is 18.0 Å². The molecule has 1 aromatic rings. The molecule has 0 spiro atoms. The highest BCUT2D eigenvalue weighted by Crippen LogP contribution is 2.15. The lowest BCUT2D eigenvalue weighted by molar-refractivity contribution is -0.163. The Kier molecular flexibility index (Phi) is 7.42. The van der Waals surface area contributed by atoms with Gasteiger partial charge in [-0.1, -0.05) is 30.3 Å². The van der Waals surface area contributed by atoms with Crippen LogP contribution < -0.4 is 0 Å². The van der Waals surface area contributed by atoms with E-state index in [1.165, 1.54) is 14.2 Å². The van der Waals surface area contributed by atoms with Crippen molar-refractivity contribution >= 4 is 18.0 Å². The van der Waals surface area contributed by atoms with E-state index in [9.17, 15) is 14.4 Å². The van der Waals surface area contributed by atoms with Gasteiger partial charge < -0.3 is 14.2 Å². The maximum atomic E-state index is 12.4. The van der Waals surface area contributed by atoms with Gasteiger partial charge in [-0.25, -0.2) is 9.59 Å². The number of hydrogen-bond donors (Lipinski definition) is 0. The highest BCUT2D eigenvalue weighted by Gasteiger charge is 2.34. The largest absolute Gasteiger partial charge is 0.469 e. The van der Waals surface area contributed by atoms with E-state index in [0.29, 0.717) is 0 Å². The Hall–Kier alpha value is -2.57. The van der Waals surface area contributed by atoms with Crippen LogP contribution in [0, 0.1) is 0 Å². The second-order valence-corrected chi connectivity index (χ2v) is 6.48. The van der Waals surface area contributed by atoms with E-state index >= 15 is 0 Å². The van der Waals surface area contributed by atoms with Crippen LogP contribution in [0.15, 0.2) is 30.3 Å². The van der Waals surface area contributed by atoms with Gasteiger partial charge in [-0.05, 0) is 26.3 Å². The number of methoxy groups -OCH3 is 1. The highest BCUT2D eigenvalue weighted by atomic mass is 16.6. The number of hydrogen-bond acceptors (Lipinski definition) is 6. The summed E-state index contributed by atoms with van der Waals surface area (Å²) >= 11 is 0. The molecule has 0 radical (unpaired) electrons. The topological polar surface area (TPSA) is 82.1 Å². The molecule has 7 nitrogen and oxygen atoms in total. The second-order valence-electron chi connectivity index (χ2n) is 6.48. The highest BCUT2D eigenvalue weighted by molar-refractivity contribution is 5.86. The molecule has 1 rings (SSSR count). The first-order valence-electron chi connectivity index (χ1n) is 7.87. The predicted molar refractivity (Wildman–Crippen MR) is 90.7 cm³/mol. The zero-order valence-electron chi connectivity index (χ0n) is 15.3. The molecule has 0 aromatic heterocycles. The zero-order chi connectivity index (χ0) is 19.0. The average molecular weight is 351 g/mol. The van der Waals surface area contributed by atoms with Crippen molar-refractivity contribution in [3.8, 4) is 0 Å². The molecule has 0 fully saturated rings. The smallest absolute Gasteiger partial charge is 0.410 e. The molecule has 7 heteroatoms. The van der Waals surface area contributed by atoms with Crippen molar-refractivity contribution in [3.05, 3.63) is 35.9 Å². The number of ether oxygens (including phenoxy) is 3. The van der Waals surface area contributed by atoms with Crippen LogP contribution in [-0.4, -0.2) is 48.7 Å². The number of amides is 1. The van der Waals surface area contributed by atoms with Crippen LogP contribution in [0.5, 0.6) is 0 Å². The molecular weight excluding hydrogens is 326 g/mol. The van der Waals surface area contributed by atoms with Crippen molar-refractivity contribution < 1.29 is 28.6 Å². The molecule has 1 amide bonds. The third kappa shape index (κ3) is 7.24. The molecule has 0 bridgehead atoms. The molecule has 0 unspecified atom stereocenters. The Morgan fingerprint density at radius 3 is 2.24 bits per heavy atom. The van der Waals surface area contributed by atoms with E-state index in [4.69, 9.17) is 9.47 Å². The Bertz CT molecular complexity index is 593. The van der Waals surface area contributed by atoms with E-state index < -0.39 is 29.7 Å². The van der Waals surface area contributed by atoms with Crippen LogP contribution >= 0.6 is 0 Å². The summed E-state index contributed by atoms with van der Waals surface area (Å²) in [7, 11) is 2.59. The van der Waals surface area contributed by atoms with Crippen molar-refractivity contribution in [3.63, 3.8) is 0 Å². The van der Waals surface area contributed by atoms with Gasteiger partial charge in [0, 0.05) is 7.05 Å². The lowest BCUT2D eigenvalue weighted by atomic mass is 10.1. The van der Waals surface area contributed by atoms with Crippen molar-refractivity contribution in [1.82, 2.24) is 4.90 Å². The molecule has 0 saturated carbocycles. The zero-order valence-corrected chi connectivity index (χ0v) is 15.3. The summed E-state index contributed by atoms with van der Waals surface area (Å²) < 4.78 is 15.1. The molecule has 0 N–H and O–H groups in total. The summed E-state index contributed by atoms with van der Waals surface area (Å²) in [6.45, 7) is 5.17. The maximum absolute atomic E-state index is 12.4. The van der Waals surface area contributed by atoms with E-state index in [2.05, 4.69) is 4.74 Å². The first-order valence-corrected chi connectivity index (χ1v) is 7.87. The van der Waals surface area contributed by atoms with E-state index in [0.717, 1.165) is 10.5 Å². The number of nitrogens with zero attached hydrogens (tertiary/aromatic N) is 1. The van der Waals surface area contributed by atoms with E-state index in [1.807, 2.05) is 30.3 Å². The third-order valence-electron chi connectivity index (χ3n) is 3.23. The minimum atomic E-state index is -1.13. The van der Waals surface area contributed by atoms with Gasteiger partial charge in [-0.3, -0.25) is 9.69 Å². The molecule has 0 aliphatic heterocycles. The number of likely N-dealkylation sites (N-methyl/N-ethyl adjacent to an activating group) is 1. The average Bonchev–Trinajstić information content (AvgIpc) is 2.55. The fraction of sp³-hybridized carbons (Fsp3) is 0.500. The SMILES string of the molecule is COC(=O)C[C@@H](C(=O)OC(C)(C)C)N(C)C(=O)OCc1ccccc1. The molecule has 138 valence electrons. The van der Waals surface area contributed by atoms with Gasteiger partial charge in [0.25, 0.3) is 0 Å². The Morgan fingerprint density at radius 1 is 1.12 bits per heavy atom. The van der Waals surface area contributed by atoms with Crippen molar-refractivity contribution in [2.45, 2.75) is 45.4 Å². The summed E-state index contributed by atoms with van der Waals surface area (Å²) in [4.78, 5) is 37.2. The number of carbonyl (C=O) groups is 3. The van der Waals surface area contributed by atoms with Crippen LogP contribution in [0.4, 0.5) is 4.79 Å². The first-order chi connectivity index (χ1) is 11.6. The van der Waals surface area contributed by atoms with E-state index in [1.54, 1.807) is 20.8 Å². The third-order valence-corrected chi connectivity index (χ3v) is 3.23. The minimum absolute atomic E-state index is 0.0588. The number of carbonyl (C=O) groups excluding carboxylic acids is 3. The molecule has 25 heavy (non-hydrogen) atoms.